The fraction of sp³-hybridized carbons (Fsp3) is 0.727. The van der Waals surface area contributed by atoms with E-state index in [-0.39, 0.29) is 31.8 Å². The van der Waals surface area contributed by atoms with Gasteiger partial charge in [-0.05, 0) is 64.5 Å². The molecule has 0 aliphatic rings. The number of guanidine groups is 1. The number of carbonyl (C=O) groups is 5. The molecule has 0 aromatic heterocycles. The molecule has 0 aromatic carbocycles. The number of amides is 3. The van der Waals surface area contributed by atoms with E-state index in [0.717, 1.165) is 0 Å². The topological polar surface area (TPSA) is 304 Å². The molecule has 0 fully saturated rings. The molecule has 4 unspecified atom stereocenters. The Labute approximate surface area is 221 Å². The first-order valence-corrected chi connectivity index (χ1v) is 12.5. The molecule has 4 atom stereocenters. The summed E-state index contributed by atoms with van der Waals surface area (Å²) in [7, 11) is 0. The van der Waals surface area contributed by atoms with E-state index in [1.54, 1.807) is 0 Å². The molecule has 0 aliphatic carbocycles. The third kappa shape index (κ3) is 15.6. The molecule has 0 aromatic rings. The molecule has 3 amide bonds. The molecule has 0 heterocycles. The molecule has 38 heavy (non-hydrogen) atoms. The first kappa shape index (κ1) is 34.5. The quantitative estimate of drug-likeness (QED) is 0.0384. The molecule has 218 valence electrons. The highest BCUT2D eigenvalue weighted by atomic mass is 16.4. The largest absolute Gasteiger partial charge is 0.481 e. The number of hydrogen-bond acceptors (Lipinski definition) is 9. The summed E-state index contributed by atoms with van der Waals surface area (Å²) < 4.78 is 0. The lowest BCUT2D eigenvalue weighted by Crippen LogP contribution is -2.57. The summed E-state index contributed by atoms with van der Waals surface area (Å²) in [4.78, 5) is 64.7. The van der Waals surface area contributed by atoms with Gasteiger partial charge < -0.3 is 54.8 Å². The molecule has 0 rings (SSSR count). The fourth-order valence-electron chi connectivity index (χ4n) is 3.37. The van der Waals surface area contributed by atoms with E-state index in [1.807, 2.05) is 0 Å². The van der Waals surface area contributed by atoms with E-state index >= 15 is 0 Å². The lowest BCUT2D eigenvalue weighted by atomic mass is 10.0. The first-order chi connectivity index (χ1) is 17.9. The summed E-state index contributed by atoms with van der Waals surface area (Å²) in [5.74, 6) is -5.16. The zero-order chi connectivity index (χ0) is 29.1. The average molecular weight is 546 g/mol. The van der Waals surface area contributed by atoms with Crippen LogP contribution in [-0.4, -0.2) is 89.6 Å². The Morgan fingerprint density at radius 2 is 1.16 bits per heavy atom. The molecule has 0 spiro atoms. The molecule has 16 nitrogen and oxygen atoms in total. The Hall–Kier alpha value is -3.50. The molecule has 15 N–H and O–H groups in total. The van der Waals surface area contributed by atoms with Gasteiger partial charge in [-0.15, -0.1) is 0 Å². The van der Waals surface area contributed by atoms with Gasteiger partial charge in [-0.3, -0.25) is 24.2 Å². The number of hydrogen-bond donors (Lipinski definition) is 10. The number of aliphatic carboxylic acids is 2. The molecule has 0 aliphatic heterocycles. The second-order valence-electron chi connectivity index (χ2n) is 8.74. The fourth-order valence-corrected chi connectivity index (χ4v) is 3.37. The number of rotatable bonds is 21. The van der Waals surface area contributed by atoms with Crippen molar-refractivity contribution in [3.63, 3.8) is 0 Å². The van der Waals surface area contributed by atoms with Crippen LogP contribution in [0.5, 0.6) is 0 Å². The summed E-state index contributed by atoms with van der Waals surface area (Å²) >= 11 is 0. The highest BCUT2D eigenvalue weighted by Gasteiger charge is 2.30. The SMILES string of the molecule is NCCCCC(NC(=O)C(N)CCCN=C(N)N)C(=O)NC(CCCCN)C(=O)NC(CC(=O)O)C(=O)O. The molecular weight excluding hydrogens is 502 g/mol. The average Bonchev–Trinajstić information content (AvgIpc) is 2.84. The lowest BCUT2D eigenvalue weighted by molar-refractivity contribution is -0.147. The van der Waals surface area contributed by atoms with Crippen molar-refractivity contribution in [1.82, 2.24) is 16.0 Å². The summed E-state index contributed by atoms with van der Waals surface area (Å²) in [6.45, 7) is 0.983. The van der Waals surface area contributed by atoms with Gasteiger partial charge in [-0.25, -0.2) is 4.79 Å². The van der Waals surface area contributed by atoms with Crippen molar-refractivity contribution in [3.05, 3.63) is 0 Å². The van der Waals surface area contributed by atoms with Gasteiger partial charge in [0.05, 0.1) is 12.5 Å². The molecular formula is C22H43N9O7. The summed E-state index contributed by atoms with van der Waals surface area (Å²) in [6.07, 6.45) is 2.21. The predicted octanol–water partition coefficient (Wildman–Crippen LogP) is -3.36. The van der Waals surface area contributed by atoms with Crippen LogP contribution >= 0.6 is 0 Å². The summed E-state index contributed by atoms with van der Waals surface area (Å²) in [6, 6.07) is -4.86. The van der Waals surface area contributed by atoms with E-state index < -0.39 is 60.2 Å². The molecule has 0 saturated heterocycles. The highest BCUT2D eigenvalue weighted by molar-refractivity contribution is 5.94. The Morgan fingerprint density at radius 1 is 0.684 bits per heavy atom. The van der Waals surface area contributed by atoms with Crippen LogP contribution in [0.2, 0.25) is 0 Å². The van der Waals surface area contributed by atoms with E-state index in [1.165, 1.54) is 0 Å². The van der Waals surface area contributed by atoms with Gasteiger partial charge in [0.15, 0.2) is 5.96 Å². The van der Waals surface area contributed by atoms with Gasteiger partial charge in [-0.1, -0.05) is 0 Å². The third-order valence-electron chi connectivity index (χ3n) is 5.46. The zero-order valence-corrected chi connectivity index (χ0v) is 21.6. The number of nitrogens with one attached hydrogen (secondary N) is 3. The van der Waals surface area contributed by atoms with Crippen molar-refractivity contribution < 1.29 is 34.2 Å². The molecule has 0 radical (unpaired) electrons. The number of nitrogens with two attached hydrogens (primary N) is 5. The van der Waals surface area contributed by atoms with Crippen molar-refractivity contribution in [1.29, 1.82) is 0 Å². The standard InChI is InChI=1S/C22H43N9O7/c23-9-3-1-7-14(29-18(34)13(25)6-5-11-28-22(26)27)19(35)30-15(8-2-4-10-24)20(36)31-16(21(37)38)12-17(32)33/h13-16H,1-12,23-25H2,(H,29,34)(H,30,35)(H,31,36)(H,32,33)(H,37,38)(H4,26,27,28). The number of unbranched alkanes of at least 4 members (excludes halogenated alkanes) is 2. The van der Waals surface area contributed by atoms with Crippen LogP contribution in [0.3, 0.4) is 0 Å². The van der Waals surface area contributed by atoms with E-state index in [2.05, 4.69) is 20.9 Å². The Morgan fingerprint density at radius 3 is 1.58 bits per heavy atom. The maximum Gasteiger partial charge on any atom is 0.326 e. The molecule has 16 heteroatoms. The van der Waals surface area contributed by atoms with E-state index in [9.17, 15) is 29.1 Å². The van der Waals surface area contributed by atoms with Crippen molar-refractivity contribution in [2.45, 2.75) is 82.0 Å². The Kier molecular flexibility index (Phi) is 17.8. The number of nitrogens with zero attached hydrogens (tertiary/aromatic N) is 1. The maximum absolute atomic E-state index is 13.1. The number of carboxylic acid groups (broad SMARTS) is 2. The zero-order valence-electron chi connectivity index (χ0n) is 21.6. The smallest absolute Gasteiger partial charge is 0.326 e. The van der Waals surface area contributed by atoms with Gasteiger partial charge in [0.2, 0.25) is 17.7 Å². The maximum atomic E-state index is 13.1. The van der Waals surface area contributed by atoms with E-state index in [0.29, 0.717) is 45.2 Å². The van der Waals surface area contributed by atoms with Gasteiger partial charge in [-0.2, -0.15) is 0 Å². The molecule has 0 saturated carbocycles. The Bertz CT molecular complexity index is 806. The lowest BCUT2D eigenvalue weighted by Gasteiger charge is -2.25. The van der Waals surface area contributed by atoms with Gasteiger partial charge in [0, 0.05) is 6.54 Å². The van der Waals surface area contributed by atoms with E-state index in [4.69, 9.17) is 33.8 Å². The van der Waals surface area contributed by atoms with Gasteiger partial charge >= 0.3 is 11.9 Å². The van der Waals surface area contributed by atoms with Gasteiger partial charge in [0.1, 0.15) is 18.1 Å². The monoisotopic (exact) mass is 545 g/mol. The molecule has 0 bridgehead atoms. The van der Waals surface area contributed by atoms with Crippen LogP contribution in [0.4, 0.5) is 0 Å². The van der Waals surface area contributed by atoms with Crippen LogP contribution in [0, 0.1) is 0 Å². The van der Waals surface area contributed by atoms with Gasteiger partial charge in [0.25, 0.3) is 0 Å². The van der Waals surface area contributed by atoms with Crippen molar-refractivity contribution >= 4 is 35.6 Å². The normalized spacial score (nSPS) is 13.9. The minimum Gasteiger partial charge on any atom is -0.481 e. The van der Waals surface area contributed by atoms with Crippen molar-refractivity contribution in [2.24, 2.45) is 33.7 Å². The van der Waals surface area contributed by atoms with Crippen LogP contribution in [0.15, 0.2) is 4.99 Å². The second-order valence-corrected chi connectivity index (χ2v) is 8.74. The van der Waals surface area contributed by atoms with Crippen LogP contribution < -0.4 is 44.6 Å². The second kappa shape index (κ2) is 19.6. The minimum atomic E-state index is -1.69. The summed E-state index contributed by atoms with van der Waals surface area (Å²) in [5.41, 5.74) is 27.5. The third-order valence-corrected chi connectivity index (χ3v) is 5.46. The highest BCUT2D eigenvalue weighted by Crippen LogP contribution is 2.07. The minimum absolute atomic E-state index is 0.0812. The van der Waals surface area contributed by atoms with Crippen LogP contribution in [0.25, 0.3) is 0 Å². The Balaban J connectivity index is 5.48. The summed E-state index contributed by atoms with van der Waals surface area (Å²) in [5, 5.41) is 25.5. The number of carboxylic acids is 2. The van der Waals surface area contributed by atoms with Crippen LogP contribution in [0.1, 0.15) is 57.8 Å². The predicted molar refractivity (Wildman–Crippen MR) is 139 cm³/mol. The number of aliphatic imine (C=N–C) groups is 1. The van der Waals surface area contributed by atoms with Crippen LogP contribution in [-0.2, 0) is 24.0 Å². The number of carbonyl (C=O) groups excluding carboxylic acids is 3. The van der Waals surface area contributed by atoms with Crippen molar-refractivity contribution in [2.75, 3.05) is 19.6 Å². The van der Waals surface area contributed by atoms with Crippen molar-refractivity contribution in [3.8, 4) is 0 Å². The first-order valence-electron chi connectivity index (χ1n) is 12.5.